The van der Waals surface area contributed by atoms with E-state index in [4.69, 9.17) is 23.2 Å². The van der Waals surface area contributed by atoms with E-state index in [1.54, 1.807) is 6.21 Å². The number of rotatable bonds is 2. The van der Waals surface area contributed by atoms with Crippen LogP contribution in [-0.4, -0.2) is 30.5 Å². The third-order valence-electron chi connectivity index (χ3n) is 3.15. The fourth-order valence-corrected chi connectivity index (χ4v) is 3.00. The quantitative estimate of drug-likeness (QED) is 0.818. The number of hydrogen-bond acceptors (Lipinski definition) is 3. The lowest BCUT2D eigenvalue weighted by Gasteiger charge is -2.35. The molecule has 0 aromatic heterocycles. The molecule has 0 bridgehead atoms. The lowest BCUT2D eigenvalue weighted by Crippen LogP contribution is -2.41. The maximum Gasteiger partial charge on any atom is 0.181 e. The minimum atomic E-state index is -0.643. The van der Waals surface area contributed by atoms with Crippen molar-refractivity contribution in [3.05, 3.63) is 46.0 Å². The van der Waals surface area contributed by atoms with Gasteiger partial charge in [-0.1, -0.05) is 29.3 Å². The Balaban J connectivity index is 2.19. The molecule has 0 saturated carbocycles. The first-order chi connectivity index (χ1) is 8.74. The fraction of sp³-hybridized carbons (Fsp3) is 0.231. The molecular formula is C13H11Cl2N3. The molecule has 2 aliphatic heterocycles. The van der Waals surface area contributed by atoms with Gasteiger partial charge in [0.05, 0.1) is 12.9 Å². The Kier molecular flexibility index (Phi) is 2.88. The highest BCUT2D eigenvalue weighted by atomic mass is 35.5. The normalized spacial score (nSPS) is 25.3. The van der Waals surface area contributed by atoms with Gasteiger partial charge < -0.3 is 4.90 Å². The molecule has 1 atom stereocenters. The summed E-state index contributed by atoms with van der Waals surface area (Å²) in [4.78, 5) is 10.9. The lowest BCUT2D eigenvalue weighted by molar-refractivity contribution is 0.271. The molecule has 2 aliphatic rings. The number of halogens is 2. The third kappa shape index (κ3) is 1.66. The second-order valence-corrected chi connectivity index (χ2v) is 4.99. The molecule has 1 unspecified atom stereocenters. The van der Waals surface area contributed by atoms with Gasteiger partial charge in [0, 0.05) is 28.4 Å². The molecule has 1 aromatic carbocycles. The first kappa shape index (κ1) is 11.8. The molecule has 3 nitrogen and oxygen atoms in total. The second-order valence-electron chi connectivity index (χ2n) is 4.18. The average Bonchev–Trinajstić information content (AvgIpc) is 3.00. The van der Waals surface area contributed by atoms with Crippen LogP contribution in [-0.2, 0) is 5.66 Å². The Labute approximate surface area is 115 Å². The summed E-state index contributed by atoms with van der Waals surface area (Å²) in [7, 11) is 0. The summed E-state index contributed by atoms with van der Waals surface area (Å²) in [6, 6.07) is 5.50. The molecule has 3 rings (SSSR count). The standard InChI is InChI=1S/C13H11Cl2N3/c14-10-3-1-4-11(15)12(10)13(5-2-6-17-13)18-8-7-16-9-18/h1-6,9H,7-8H2. The number of allylic oxidation sites excluding steroid dienone is 1. The van der Waals surface area contributed by atoms with Crippen molar-refractivity contribution in [3.63, 3.8) is 0 Å². The molecule has 0 aliphatic carbocycles. The summed E-state index contributed by atoms with van der Waals surface area (Å²) in [6.45, 7) is 1.58. The summed E-state index contributed by atoms with van der Waals surface area (Å²) in [6.07, 6.45) is 7.49. The number of nitrogens with zero attached hydrogens (tertiary/aromatic N) is 3. The van der Waals surface area contributed by atoms with Crippen LogP contribution in [0.5, 0.6) is 0 Å². The van der Waals surface area contributed by atoms with E-state index in [0.717, 1.165) is 18.7 Å². The highest BCUT2D eigenvalue weighted by Gasteiger charge is 2.40. The van der Waals surface area contributed by atoms with Crippen molar-refractivity contribution in [1.82, 2.24) is 4.90 Å². The van der Waals surface area contributed by atoms with Gasteiger partial charge in [-0.05, 0) is 24.3 Å². The number of benzene rings is 1. The number of aliphatic imine (C=N–C) groups is 2. The first-order valence-electron chi connectivity index (χ1n) is 5.68. The summed E-state index contributed by atoms with van der Waals surface area (Å²) >= 11 is 12.6. The van der Waals surface area contributed by atoms with Crippen LogP contribution in [0.2, 0.25) is 10.0 Å². The monoisotopic (exact) mass is 279 g/mol. The van der Waals surface area contributed by atoms with Crippen molar-refractivity contribution >= 4 is 35.8 Å². The highest BCUT2D eigenvalue weighted by molar-refractivity contribution is 6.36. The van der Waals surface area contributed by atoms with E-state index in [1.165, 1.54) is 0 Å². The number of hydrogen-bond donors (Lipinski definition) is 0. The van der Waals surface area contributed by atoms with Gasteiger partial charge in [-0.3, -0.25) is 9.98 Å². The van der Waals surface area contributed by atoms with Crippen LogP contribution in [0.25, 0.3) is 0 Å². The van der Waals surface area contributed by atoms with Crippen LogP contribution >= 0.6 is 23.2 Å². The molecule has 18 heavy (non-hydrogen) atoms. The van der Waals surface area contributed by atoms with E-state index in [1.807, 2.05) is 36.7 Å². The van der Waals surface area contributed by atoms with E-state index < -0.39 is 5.66 Å². The lowest BCUT2D eigenvalue weighted by atomic mass is 9.98. The van der Waals surface area contributed by atoms with Crippen molar-refractivity contribution in [2.45, 2.75) is 5.66 Å². The molecular weight excluding hydrogens is 269 g/mol. The average molecular weight is 280 g/mol. The molecule has 0 saturated heterocycles. The Morgan fingerprint density at radius 3 is 2.56 bits per heavy atom. The van der Waals surface area contributed by atoms with Crippen molar-refractivity contribution in [2.75, 3.05) is 13.1 Å². The molecule has 0 N–H and O–H groups in total. The van der Waals surface area contributed by atoms with Gasteiger partial charge in [-0.2, -0.15) is 0 Å². The van der Waals surface area contributed by atoms with E-state index >= 15 is 0 Å². The van der Waals surface area contributed by atoms with Crippen LogP contribution in [0.1, 0.15) is 5.56 Å². The van der Waals surface area contributed by atoms with Gasteiger partial charge in [0.1, 0.15) is 0 Å². The molecule has 2 heterocycles. The maximum absolute atomic E-state index is 6.31. The van der Waals surface area contributed by atoms with Gasteiger partial charge in [-0.25, -0.2) is 0 Å². The molecule has 0 spiro atoms. The Morgan fingerprint density at radius 2 is 2.00 bits per heavy atom. The minimum Gasteiger partial charge on any atom is -0.329 e. The van der Waals surface area contributed by atoms with E-state index in [9.17, 15) is 0 Å². The summed E-state index contributed by atoms with van der Waals surface area (Å²) in [5, 5.41) is 1.23. The topological polar surface area (TPSA) is 28.0 Å². The van der Waals surface area contributed by atoms with Gasteiger partial charge in [0.2, 0.25) is 0 Å². The van der Waals surface area contributed by atoms with E-state index in [-0.39, 0.29) is 0 Å². The zero-order valence-corrected chi connectivity index (χ0v) is 11.1. The van der Waals surface area contributed by atoms with Crippen LogP contribution in [0, 0.1) is 0 Å². The van der Waals surface area contributed by atoms with Crippen molar-refractivity contribution in [1.29, 1.82) is 0 Å². The van der Waals surface area contributed by atoms with Crippen molar-refractivity contribution < 1.29 is 0 Å². The van der Waals surface area contributed by atoms with Gasteiger partial charge >= 0.3 is 0 Å². The summed E-state index contributed by atoms with van der Waals surface area (Å²) < 4.78 is 0. The minimum absolute atomic E-state index is 0.617. The van der Waals surface area contributed by atoms with Crippen LogP contribution < -0.4 is 0 Å². The highest BCUT2D eigenvalue weighted by Crippen LogP contribution is 2.42. The summed E-state index contributed by atoms with van der Waals surface area (Å²) in [5.74, 6) is 0. The predicted octanol–water partition coefficient (Wildman–Crippen LogP) is 3.13. The Bertz CT molecular complexity index is 531. The largest absolute Gasteiger partial charge is 0.329 e. The Hall–Kier alpha value is -1.32. The molecule has 0 fully saturated rings. The smallest absolute Gasteiger partial charge is 0.181 e. The molecule has 1 aromatic rings. The van der Waals surface area contributed by atoms with E-state index in [2.05, 4.69) is 14.9 Å². The fourth-order valence-electron chi connectivity index (χ4n) is 2.33. The van der Waals surface area contributed by atoms with Crippen LogP contribution in [0.15, 0.2) is 40.3 Å². The van der Waals surface area contributed by atoms with Crippen molar-refractivity contribution in [3.8, 4) is 0 Å². The molecule has 0 amide bonds. The van der Waals surface area contributed by atoms with E-state index in [0.29, 0.717) is 10.0 Å². The first-order valence-corrected chi connectivity index (χ1v) is 6.44. The molecule has 0 radical (unpaired) electrons. The van der Waals surface area contributed by atoms with Gasteiger partial charge in [0.25, 0.3) is 0 Å². The predicted molar refractivity (Wildman–Crippen MR) is 75.8 cm³/mol. The second kappa shape index (κ2) is 4.41. The van der Waals surface area contributed by atoms with Crippen LogP contribution in [0.3, 0.4) is 0 Å². The molecule has 92 valence electrons. The zero-order chi connectivity index (χ0) is 12.6. The van der Waals surface area contributed by atoms with Crippen molar-refractivity contribution in [2.24, 2.45) is 9.98 Å². The zero-order valence-electron chi connectivity index (χ0n) is 9.55. The third-order valence-corrected chi connectivity index (χ3v) is 3.78. The molecule has 5 heteroatoms. The van der Waals surface area contributed by atoms with Crippen LogP contribution in [0.4, 0.5) is 0 Å². The van der Waals surface area contributed by atoms with Gasteiger partial charge in [-0.15, -0.1) is 0 Å². The van der Waals surface area contributed by atoms with Gasteiger partial charge in [0.15, 0.2) is 5.66 Å². The Morgan fingerprint density at radius 1 is 1.22 bits per heavy atom. The summed E-state index contributed by atoms with van der Waals surface area (Å²) in [5.41, 5.74) is 0.168. The maximum atomic E-state index is 6.31. The SMILES string of the molecule is Clc1cccc(Cl)c1C1(N2C=NCC2)C=CC=N1.